The fourth-order valence-electron chi connectivity index (χ4n) is 3.74. The predicted molar refractivity (Wildman–Crippen MR) is 114 cm³/mol. The molecule has 0 fully saturated rings. The van der Waals surface area contributed by atoms with E-state index in [4.69, 9.17) is 21.1 Å². The maximum absolute atomic E-state index is 11.5. The van der Waals surface area contributed by atoms with Crippen LogP contribution in [0.4, 0.5) is 0 Å². The molecule has 1 aliphatic rings. The minimum atomic E-state index is -0.614. The number of rotatable bonds is 9. The van der Waals surface area contributed by atoms with Gasteiger partial charge in [-0.05, 0) is 56.4 Å². The molecule has 6 heteroatoms. The van der Waals surface area contributed by atoms with Crippen molar-refractivity contribution in [2.24, 2.45) is 0 Å². The number of aliphatic hydroxyl groups is 1. The third kappa shape index (κ3) is 4.92. The van der Waals surface area contributed by atoms with Crippen molar-refractivity contribution < 1.29 is 19.4 Å². The number of hydrogen-bond acceptors (Lipinski definition) is 5. The van der Waals surface area contributed by atoms with Gasteiger partial charge < -0.3 is 19.9 Å². The molecule has 2 N–H and O–H groups in total. The summed E-state index contributed by atoms with van der Waals surface area (Å²) in [6.07, 6.45) is 1.89. The van der Waals surface area contributed by atoms with Gasteiger partial charge in [0.15, 0.2) is 0 Å². The lowest BCUT2D eigenvalue weighted by atomic mass is 10.0. The van der Waals surface area contributed by atoms with Crippen LogP contribution in [-0.2, 0) is 17.8 Å². The number of nitrogens with one attached hydrogen (secondary N) is 1. The molecular weight excluding hydrogens is 390 g/mol. The Kier molecular flexibility index (Phi) is 7.17. The Morgan fingerprint density at radius 3 is 2.83 bits per heavy atom. The lowest BCUT2D eigenvalue weighted by Crippen LogP contribution is -2.38. The van der Waals surface area contributed by atoms with Crippen molar-refractivity contribution >= 4 is 17.4 Å². The molecule has 0 unspecified atom stereocenters. The standard InChI is InChI=1S/C23H28ClNO4/c1-4-28-22-11-23(19(24)10-16(22)12-25-20(13-26)15(3)27)29-21-9-8-17-14(2)6-5-7-18(17)21/h5-7,10-11,20-21,25-26H,4,8-9,12-13H2,1-3H3/t20-,21-/m0/s1. The molecule has 3 rings (SSSR count). The van der Waals surface area contributed by atoms with E-state index in [2.05, 4.69) is 30.4 Å². The fourth-order valence-corrected chi connectivity index (χ4v) is 3.97. The molecule has 2 atom stereocenters. The van der Waals surface area contributed by atoms with Crippen molar-refractivity contribution in [3.05, 3.63) is 57.6 Å². The number of benzene rings is 2. The molecule has 29 heavy (non-hydrogen) atoms. The highest BCUT2D eigenvalue weighted by Crippen LogP contribution is 2.40. The van der Waals surface area contributed by atoms with Crippen molar-refractivity contribution in [2.75, 3.05) is 13.2 Å². The Morgan fingerprint density at radius 1 is 1.34 bits per heavy atom. The van der Waals surface area contributed by atoms with Gasteiger partial charge in [0.2, 0.25) is 0 Å². The molecule has 0 heterocycles. The van der Waals surface area contributed by atoms with Gasteiger partial charge in [-0.25, -0.2) is 0 Å². The second kappa shape index (κ2) is 9.61. The summed E-state index contributed by atoms with van der Waals surface area (Å²) in [6.45, 7) is 6.08. The molecule has 0 bridgehead atoms. The number of fused-ring (bicyclic) bond motifs is 1. The topological polar surface area (TPSA) is 67.8 Å². The number of ketones is 1. The highest BCUT2D eigenvalue weighted by atomic mass is 35.5. The lowest BCUT2D eigenvalue weighted by Gasteiger charge is -2.20. The van der Waals surface area contributed by atoms with E-state index in [0.717, 1.165) is 18.4 Å². The van der Waals surface area contributed by atoms with Gasteiger partial charge in [-0.2, -0.15) is 0 Å². The van der Waals surface area contributed by atoms with Crippen LogP contribution in [0.3, 0.4) is 0 Å². The van der Waals surface area contributed by atoms with Crippen LogP contribution in [-0.4, -0.2) is 30.1 Å². The van der Waals surface area contributed by atoms with Crippen LogP contribution in [0, 0.1) is 6.92 Å². The zero-order chi connectivity index (χ0) is 21.0. The minimum absolute atomic E-state index is 0.0302. The predicted octanol–water partition coefficient (Wildman–Crippen LogP) is 4.15. The summed E-state index contributed by atoms with van der Waals surface area (Å²) in [4.78, 5) is 11.5. The first-order chi connectivity index (χ1) is 13.9. The zero-order valence-corrected chi connectivity index (χ0v) is 17.9. The Labute approximate surface area is 177 Å². The molecule has 0 amide bonds. The van der Waals surface area contributed by atoms with E-state index < -0.39 is 6.04 Å². The molecule has 0 radical (unpaired) electrons. The summed E-state index contributed by atoms with van der Waals surface area (Å²) in [5.74, 6) is 1.12. The Morgan fingerprint density at radius 2 is 2.14 bits per heavy atom. The highest BCUT2D eigenvalue weighted by molar-refractivity contribution is 6.32. The average molecular weight is 418 g/mol. The number of aryl methyl sites for hydroxylation is 1. The molecule has 0 aliphatic heterocycles. The van der Waals surface area contributed by atoms with Crippen molar-refractivity contribution in [1.82, 2.24) is 5.32 Å². The average Bonchev–Trinajstić information content (AvgIpc) is 3.09. The monoisotopic (exact) mass is 417 g/mol. The van der Waals surface area contributed by atoms with E-state index in [9.17, 15) is 9.90 Å². The molecular formula is C23H28ClNO4. The molecule has 5 nitrogen and oxygen atoms in total. The molecule has 0 aromatic heterocycles. The summed E-state index contributed by atoms with van der Waals surface area (Å²) >= 11 is 6.53. The van der Waals surface area contributed by atoms with E-state index in [0.29, 0.717) is 29.7 Å². The first kappa shape index (κ1) is 21.6. The second-order valence-electron chi connectivity index (χ2n) is 7.34. The molecule has 2 aromatic rings. The fraction of sp³-hybridized carbons (Fsp3) is 0.435. The van der Waals surface area contributed by atoms with Gasteiger partial charge in [-0.3, -0.25) is 4.79 Å². The number of carbonyl (C=O) groups is 1. The highest BCUT2D eigenvalue weighted by Gasteiger charge is 2.26. The maximum atomic E-state index is 11.5. The van der Waals surface area contributed by atoms with Crippen LogP contribution in [0.25, 0.3) is 0 Å². The lowest BCUT2D eigenvalue weighted by molar-refractivity contribution is -0.119. The Bertz CT molecular complexity index is 883. The third-order valence-corrected chi connectivity index (χ3v) is 5.64. The molecule has 2 aromatic carbocycles. The van der Waals surface area contributed by atoms with Gasteiger partial charge in [0, 0.05) is 18.2 Å². The first-order valence-electron chi connectivity index (χ1n) is 9.99. The van der Waals surface area contributed by atoms with Gasteiger partial charge >= 0.3 is 0 Å². The number of halogens is 1. The first-order valence-corrected chi connectivity index (χ1v) is 10.4. The Hall–Kier alpha value is -2.08. The van der Waals surface area contributed by atoms with E-state index in [1.165, 1.54) is 23.6 Å². The summed E-state index contributed by atoms with van der Waals surface area (Å²) < 4.78 is 12.1. The van der Waals surface area contributed by atoms with Crippen molar-refractivity contribution in [2.45, 2.75) is 52.3 Å². The van der Waals surface area contributed by atoms with Gasteiger partial charge in [0.1, 0.15) is 23.4 Å². The molecule has 156 valence electrons. The van der Waals surface area contributed by atoms with Gasteiger partial charge in [-0.1, -0.05) is 29.8 Å². The number of ether oxygens (including phenoxy) is 2. The minimum Gasteiger partial charge on any atom is -0.493 e. The third-order valence-electron chi connectivity index (χ3n) is 5.35. The van der Waals surface area contributed by atoms with Gasteiger partial charge in [0.25, 0.3) is 0 Å². The normalized spacial score (nSPS) is 16.4. The van der Waals surface area contributed by atoms with Crippen LogP contribution < -0.4 is 14.8 Å². The summed E-state index contributed by atoms with van der Waals surface area (Å²) in [5.41, 5.74) is 4.68. The summed E-state index contributed by atoms with van der Waals surface area (Å²) in [6, 6.07) is 9.31. The SMILES string of the molecule is CCOc1cc(O[C@H]2CCc3c(C)cccc32)c(Cl)cc1CN[C@@H](CO)C(C)=O. The van der Waals surface area contributed by atoms with Gasteiger partial charge in [0.05, 0.1) is 24.3 Å². The quantitative estimate of drug-likeness (QED) is 0.641. The van der Waals surface area contributed by atoms with Crippen LogP contribution in [0.5, 0.6) is 11.5 Å². The van der Waals surface area contributed by atoms with Crippen molar-refractivity contribution in [3.63, 3.8) is 0 Å². The summed E-state index contributed by atoms with van der Waals surface area (Å²) in [5, 5.41) is 12.9. The smallest absolute Gasteiger partial charge is 0.149 e. The zero-order valence-electron chi connectivity index (χ0n) is 17.1. The van der Waals surface area contributed by atoms with Crippen LogP contribution >= 0.6 is 11.6 Å². The van der Waals surface area contributed by atoms with Crippen LogP contribution in [0.2, 0.25) is 5.02 Å². The van der Waals surface area contributed by atoms with E-state index in [-0.39, 0.29) is 18.5 Å². The van der Waals surface area contributed by atoms with E-state index >= 15 is 0 Å². The molecule has 0 saturated carbocycles. The summed E-state index contributed by atoms with van der Waals surface area (Å²) in [7, 11) is 0. The Balaban J connectivity index is 1.81. The molecule has 1 aliphatic carbocycles. The number of carbonyl (C=O) groups excluding carboxylic acids is 1. The molecule has 0 saturated heterocycles. The van der Waals surface area contributed by atoms with Gasteiger partial charge in [-0.15, -0.1) is 0 Å². The van der Waals surface area contributed by atoms with Crippen LogP contribution in [0.15, 0.2) is 30.3 Å². The maximum Gasteiger partial charge on any atom is 0.149 e. The van der Waals surface area contributed by atoms with Crippen LogP contribution in [0.1, 0.15) is 48.6 Å². The van der Waals surface area contributed by atoms with E-state index in [1.54, 1.807) is 6.07 Å². The number of aliphatic hydroxyl groups excluding tert-OH is 1. The number of Topliss-reactive ketones (excluding diaryl/α,β-unsaturated/α-hetero) is 1. The number of hydrogen-bond donors (Lipinski definition) is 2. The van der Waals surface area contributed by atoms with Crippen molar-refractivity contribution in [3.8, 4) is 11.5 Å². The second-order valence-corrected chi connectivity index (χ2v) is 7.75. The van der Waals surface area contributed by atoms with E-state index in [1.807, 2.05) is 13.0 Å². The molecule has 0 spiro atoms. The largest absolute Gasteiger partial charge is 0.493 e. The van der Waals surface area contributed by atoms with Crippen molar-refractivity contribution in [1.29, 1.82) is 0 Å².